The molecule has 2 aliphatic rings. The van der Waals surface area contributed by atoms with E-state index in [1.165, 1.54) is 29.4 Å². The standard InChI is InChI=1S/C25H31N3O2/c1-21(29)30-20-19-27-17-15-26(16-18-27)13-6-14-28-24-9-4-2-7-22(24)11-12-23-8-3-5-10-25(23)28/h2-5,7-12H,6,13-20H2,1H3. The van der Waals surface area contributed by atoms with Crippen molar-refractivity contribution in [1.82, 2.24) is 9.80 Å². The third-order valence-corrected chi connectivity index (χ3v) is 5.93. The van der Waals surface area contributed by atoms with Crippen LogP contribution in [-0.2, 0) is 9.53 Å². The van der Waals surface area contributed by atoms with Crippen LogP contribution in [0.3, 0.4) is 0 Å². The van der Waals surface area contributed by atoms with Crippen molar-refractivity contribution >= 4 is 29.5 Å². The number of piperazine rings is 1. The lowest BCUT2D eigenvalue weighted by Gasteiger charge is -2.35. The first kappa shape index (κ1) is 20.6. The molecule has 5 nitrogen and oxygen atoms in total. The van der Waals surface area contributed by atoms with Gasteiger partial charge in [-0.1, -0.05) is 48.6 Å². The van der Waals surface area contributed by atoms with Gasteiger partial charge in [-0.25, -0.2) is 0 Å². The zero-order valence-corrected chi connectivity index (χ0v) is 17.8. The van der Waals surface area contributed by atoms with E-state index in [9.17, 15) is 4.79 Å². The molecule has 1 saturated heterocycles. The summed E-state index contributed by atoms with van der Waals surface area (Å²) in [5.41, 5.74) is 5.12. The van der Waals surface area contributed by atoms with Crippen LogP contribution in [0.15, 0.2) is 48.5 Å². The number of carbonyl (C=O) groups is 1. The Morgan fingerprint density at radius 1 is 0.800 bits per heavy atom. The monoisotopic (exact) mass is 405 g/mol. The highest BCUT2D eigenvalue weighted by Crippen LogP contribution is 2.36. The Labute approximate surface area is 179 Å². The van der Waals surface area contributed by atoms with Crippen molar-refractivity contribution in [2.24, 2.45) is 0 Å². The average Bonchev–Trinajstić information content (AvgIpc) is 2.92. The van der Waals surface area contributed by atoms with E-state index < -0.39 is 0 Å². The molecular weight excluding hydrogens is 374 g/mol. The molecule has 0 radical (unpaired) electrons. The second kappa shape index (κ2) is 9.92. The first-order valence-electron chi connectivity index (χ1n) is 10.9. The Bertz CT molecular complexity index is 838. The number of benzene rings is 2. The topological polar surface area (TPSA) is 36.0 Å². The maximum absolute atomic E-state index is 10.9. The predicted octanol–water partition coefficient (Wildman–Crippen LogP) is 3.88. The summed E-state index contributed by atoms with van der Waals surface area (Å²) in [4.78, 5) is 18.3. The number of hydrogen-bond acceptors (Lipinski definition) is 5. The van der Waals surface area contributed by atoms with E-state index in [2.05, 4.69) is 75.4 Å². The minimum Gasteiger partial charge on any atom is -0.465 e. The van der Waals surface area contributed by atoms with E-state index in [1.54, 1.807) is 0 Å². The molecule has 1 fully saturated rings. The molecule has 0 aliphatic carbocycles. The van der Waals surface area contributed by atoms with Gasteiger partial charge in [0.1, 0.15) is 6.61 Å². The van der Waals surface area contributed by atoms with Crippen molar-refractivity contribution in [3.63, 3.8) is 0 Å². The zero-order chi connectivity index (χ0) is 20.8. The lowest BCUT2D eigenvalue weighted by Crippen LogP contribution is -2.47. The molecular formula is C25H31N3O2. The molecule has 30 heavy (non-hydrogen) atoms. The van der Waals surface area contributed by atoms with Gasteiger partial charge in [0.05, 0.1) is 0 Å². The van der Waals surface area contributed by atoms with E-state index in [4.69, 9.17) is 4.74 Å². The summed E-state index contributed by atoms with van der Waals surface area (Å²) >= 11 is 0. The molecule has 0 N–H and O–H groups in total. The molecule has 158 valence electrons. The van der Waals surface area contributed by atoms with Crippen molar-refractivity contribution in [3.8, 4) is 0 Å². The molecule has 0 bridgehead atoms. The second-order valence-electron chi connectivity index (χ2n) is 7.98. The molecule has 2 aromatic rings. The number of para-hydroxylation sites is 2. The van der Waals surface area contributed by atoms with Gasteiger partial charge in [0.2, 0.25) is 0 Å². The molecule has 4 rings (SSSR count). The largest absolute Gasteiger partial charge is 0.465 e. The minimum atomic E-state index is -0.194. The number of ether oxygens (including phenoxy) is 1. The Kier molecular flexibility index (Phi) is 6.82. The lowest BCUT2D eigenvalue weighted by molar-refractivity contribution is -0.141. The van der Waals surface area contributed by atoms with E-state index in [-0.39, 0.29) is 5.97 Å². The molecule has 0 aromatic heterocycles. The quantitative estimate of drug-likeness (QED) is 0.654. The van der Waals surface area contributed by atoms with Crippen LogP contribution in [0.25, 0.3) is 12.2 Å². The number of rotatable bonds is 7. The maximum Gasteiger partial charge on any atom is 0.302 e. The van der Waals surface area contributed by atoms with Gasteiger partial charge in [0, 0.05) is 57.6 Å². The summed E-state index contributed by atoms with van der Waals surface area (Å²) in [6.45, 7) is 9.15. The third kappa shape index (κ3) is 5.10. The summed E-state index contributed by atoms with van der Waals surface area (Å²) in [6.07, 6.45) is 5.57. The molecule has 0 spiro atoms. The van der Waals surface area contributed by atoms with E-state index in [0.717, 1.165) is 52.2 Å². The fourth-order valence-corrected chi connectivity index (χ4v) is 4.31. The number of fused-ring (bicyclic) bond motifs is 2. The summed E-state index contributed by atoms with van der Waals surface area (Å²) in [5, 5.41) is 0. The molecule has 0 saturated carbocycles. The van der Waals surface area contributed by atoms with Crippen molar-refractivity contribution < 1.29 is 9.53 Å². The van der Waals surface area contributed by atoms with Gasteiger partial charge in [-0.05, 0) is 36.2 Å². The molecule has 2 heterocycles. The highest BCUT2D eigenvalue weighted by Gasteiger charge is 2.19. The molecule has 2 aliphatic heterocycles. The van der Waals surface area contributed by atoms with Crippen LogP contribution in [0.2, 0.25) is 0 Å². The van der Waals surface area contributed by atoms with Crippen LogP contribution in [0.4, 0.5) is 11.4 Å². The first-order valence-corrected chi connectivity index (χ1v) is 10.9. The average molecular weight is 406 g/mol. The van der Waals surface area contributed by atoms with Gasteiger partial charge in [-0.3, -0.25) is 9.69 Å². The van der Waals surface area contributed by atoms with Gasteiger partial charge in [-0.15, -0.1) is 0 Å². The molecule has 0 unspecified atom stereocenters. The van der Waals surface area contributed by atoms with Gasteiger partial charge >= 0.3 is 5.97 Å². The predicted molar refractivity (Wildman–Crippen MR) is 123 cm³/mol. The zero-order valence-electron chi connectivity index (χ0n) is 17.8. The Morgan fingerprint density at radius 3 is 1.90 bits per heavy atom. The summed E-state index contributed by atoms with van der Waals surface area (Å²) < 4.78 is 5.07. The van der Waals surface area contributed by atoms with Crippen LogP contribution < -0.4 is 4.90 Å². The Morgan fingerprint density at radius 2 is 1.33 bits per heavy atom. The Balaban J connectivity index is 1.32. The van der Waals surface area contributed by atoms with E-state index in [0.29, 0.717) is 6.61 Å². The fourth-order valence-electron chi connectivity index (χ4n) is 4.31. The number of anilines is 2. The van der Waals surface area contributed by atoms with Crippen LogP contribution >= 0.6 is 0 Å². The molecule has 0 amide bonds. The third-order valence-electron chi connectivity index (χ3n) is 5.93. The second-order valence-corrected chi connectivity index (χ2v) is 7.98. The molecule has 2 aromatic carbocycles. The van der Waals surface area contributed by atoms with Crippen molar-refractivity contribution in [2.45, 2.75) is 13.3 Å². The highest BCUT2D eigenvalue weighted by molar-refractivity contribution is 5.88. The van der Waals surface area contributed by atoms with Gasteiger partial charge in [-0.2, -0.15) is 0 Å². The van der Waals surface area contributed by atoms with Crippen LogP contribution in [0.5, 0.6) is 0 Å². The smallest absolute Gasteiger partial charge is 0.302 e. The van der Waals surface area contributed by atoms with Gasteiger partial charge in [0.25, 0.3) is 0 Å². The highest BCUT2D eigenvalue weighted by atomic mass is 16.5. The fraction of sp³-hybridized carbons (Fsp3) is 0.400. The normalized spacial score (nSPS) is 16.6. The number of carbonyl (C=O) groups excluding carboxylic acids is 1. The van der Waals surface area contributed by atoms with Crippen LogP contribution in [0, 0.1) is 0 Å². The van der Waals surface area contributed by atoms with Gasteiger partial charge in [0.15, 0.2) is 0 Å². The Hall–Kier alpha value is -2.63. The first-order chi connectivity index (χ1) is 14.7. The number of nitrogens with zero attached hydrogens (tertiary/aromatic N) is 3. The molecule has 0 atom stereocenters. The number of esters is 1. The molecule has 5 heteroatoms. The maximum atomic E-state index is 10.9. The number of hydrogen-bond donors (Lipinski definition) is 0. The van der Waals surface area contributed by atoms with Crippen molar-refractivity contribution in [1.29, 1.82) is 0 Å². The van der Waals surface area contributed by atoms with E-state index in [1.807, 2.05) is 0 Å². The minimum absolute atomic E-state index is 0.194. The SMILES string of the molecule is CC(=O)OCCN1CCN(CCCN2c3ccccc3C=Cc3ccccc32)CC1. The van der Waals surface area contributed by atoms with Crippen molar-refractivity contribution in [3.05, 3.63) is 59.7 Å². The van der Waals surface area contributed by atoms with Gasteiger partial charge < -0.3 is 14.5 Å². The summed E-state index contributed by atoms with van der Waals surface area (Å²) in [5.74, 6) is -0.194. The summed E-state index contributed by atoms with van der Waals surface area (Å²) in [7, 11) is 0. The van der Waals surface area contributed by atoms with Crippen LogP contribution in [0.1, 0.15) is 24.5 Å². The van der Waals surface area contributed by atoms with E-state index >= 15 is 0 Å². The van der Waals surface area contributed by atoms with Crippen molar-refractivity contribution in [2.75, 3.05) is 57.3 Å². The summed E-state index contributed by atoms with van der Waals surface area (Å²) in [6, 6.07) is 17.3. The lowest BCUT2D eigenvalue weighted by atomic mass is 10.1. The van der Waals surface area contributed by atoms with Crippen LogP contribution in [-0.4, -0.2) is 68.2 Å².